The molecule has 0 heterocycles. The van der Waals surface area contributed by atoms with Gasteiger partial charge in [0.15, 0.2) is 0 Å². The zero-order chi connectivity index (χ0) is 11.4. The monoisotopic (exact) mass is 233 g/mol. The topological polar surface area (TPSA) is 55.5 Å². The summed E-state index contributed by atoms with van der Waals surface area (Å²) < 4.78 is 18.4. The minimum absolute atomic E-state index is 0.0351. The van der Waals surface area contributed by atoms with E-state index in [1.807, 2.05) is 0 Å². The average molecular weight is 234 g/mol. The molecule has 1 atom stereocenters. The van der Waals surface area contributed by atoms with E-state index in [2.05, 4.69) is 0 Å². The molecular formula is C10H13ClFNO2. The van der Waals surface area contributed by atoms with Crippen LogP contribution >= 0.6 is 11.6 Å². The molecule has 0 radical (unpaired) electrons. The normalized spacial score (nSPS) is 12.9. The standard InChI is InChI=1S/C10H13ClFNO2/c1-15-5-6-2-7(9(14)4-13)10(12)8(11)3-6/h2-3,9,14H,4-5,13H2,1H3. The van der Waals surface area contributed by atoms with Gasteiger partial charge >= 0.3 is 0 Å². The summed E-state index contributed by atoms with van der Waals surface area (Å²) in [6, 6.07) is 2.97. The molecule has 3 N–H and O–H groups in total. The van der Waals surface area contributed by atoms with Crippen LogP contribution in [0, 0.1) is 5.82 Å². The molecule has 0 aromatic heterocycles. The lowest BCUT2D eigenvalue weighted by Crippen LogP contribution is -2.13. The summed E-state index contributed by atoms with van der Waals surface area (Å²) >= 11 is 5.67. The van der Waals surface area contributed by atoms with Crippen molar-refractivity contribution in [1.29, 1.82) is 0 Å². The van der Waals surface area contributed by atoms with E-state index in [4.69, 9.17) is 22.1 Å². The zero-order valence-electron chi connectivity index (χ0n) is 8.34. The van der Waals surface area contributed by atoms with Gasteiger partial charge in [-0.1, -0.05) is 11.6 Å². The Balaban J connectivity index is 3.12. The van der Waals surface area contributed by atoms with E-state index in [1.165, 1.54) is 19.2 Å². The lowest BCUT2D eigenvalue weighted by molar-refractivity contribution is 0.177. The second-order valence-electron chi connectivity index (χ2n) is 3.17. The van der Waals surface area contributed by atoms with Crippen LogP contribution < -0.4 is 5.73 Å². The second kappa shape index (κ2) is 5.42. The molecule has 0 saturated carbocycles. The Morgan fingerprint density at radius 3 is 2.80 bits per heavy atom. The van der Waals surface area contributed by atoms with Crippen molar-refractivity contribution in [2.45, 2.75) is 12.7 Å². The second-order valence-corrected chi connectivity index (χ2v) is 3.57. The first-order valence-corrected chi connectivity index (χ1v) is 4.82. The zero-order valence-corrected chi connectivity index (χ0v) is 9.09. The maximum absolute atomic E-state index is 13.5. The van der Waals surface area contributed by atoms with Crippen LogP contribution in [0.25, 0.3) is 0 Å². The Morgan fingerprint density at radius 1 is 1.60 bits per heavy atom. The molecule has 15 heavy (non-hydrogen) atoms. The molecule has 5 heteroatoms. The fraction of sp³-hybridized carbons (Fsp3) is 0.400. The minimum atomic E-state index is -1.04. The van der Waals surface area contributed by atoms with Gasteiger partial charge in [0.2, 0.25) is 0 Å². The van der Waals surface area contributed by atoms with Crippen molar-refractivity contribution in [3.8, 4) is 0 Å². The number of hydrogen-bond acceptors (Lipinski definition) is 3. The lowest BCUT2D eigenvalue weighted by Gasteiger charge is -2.12. The lowest BCUT2D eigenvalue weighted by atomic mass is 10.1. The number of nitrogens with two attached hydrogens (primary N) is 1. The van der Waals surface area contributed by atoms with Gasteiger partial charge in [0.05, 0.1) is 17.7 Å². The molecule has 1 rings (SSSR count). The van der Waals surface area contributed by atoms with E-state index >= 15 is 0 Å². The quantitative estimate of drug-likeness (QED) is 0.831. The van der Waals surface area contributed by atoms with Crippen molar-refractivity contribution in [1.82, 2.24) is 0 Å². The average Bonchev–Trinajstić information content (AvgIpc) is 2.22. The van der Waals surface area contributed by atoms with Crippen molar-refractivity contribution >= 4 is 11.6 Å². The third kappa shape index (κ3) is 2.89. The van der Waals surface area contributed by atoms with Crippen LogP contribution in [0.5, 0.6) is 0 Å². The highest BCUT2D eigenvalue weighted by Gasteiger charge is 2.15. The van der Waals surface area contributed by atoms with Crippen molar-refractivity contribution in [3.63, 3.8) is 0 Å². The summed E-state index contributed by atoms with van der Waals surface area (Å²) in [5.74, 6) is -0.630. The number of halogens is 2. The first-order chi connectivity index (χ1) is 7.10. The Bertz CT molecular complexity index is 346. The number of benzene rings is 1. The van der Waals surface area contributed by atoms with Gasteiger partial charge < -0.3 is 15.6 Å². The summed E-state index contributed by atoms with van der Waals surface area (Å²) in [6.07, 6.45) is -1.04. The Hall–Kier alpha value is -0.680. The molecular weight excluding hydrogens is 221 g/mol. The fourth-order valence-corrected chi connectivity index (χ4v) is 1.54. The third-order valence-electron chi connectivity index (χ3n) is 2.01. The van der Waals surface area contributed by atoms with Crippen LogP contribution in [-0.2, 0) is 11.3 Å². The van der Waals surface area contributed by atoms with Gasteiger partial charge in [-0.25, -0.2) is 4.39 Å². The largest absolute Gasteiger partial charge is 0.387 e. The number of methoxy groups -OCH3 is 1. The van der Waals surface area contributed by atoms with E-state index in [1.54, 1.807) is 0 Å². The first kappa shape index (κ1) is 12.4. The van der Waals surface area contributed by atoms with Gasteiger partial charge in [-0.15, -0.1) is 0 Å². The van der Waals surface area contributed by atoms with E-state index in [9.17, 15) is 9.50 Å². The highest BCUT2D eigenvalue weighted by Crippen LogP contribution is 2.25. The number of aliphatic hydroxyl groups excluding tert-OH is 1. The minimum Gasteiger partial charge on any atom is -0.387 e. The van der Waals surface area contributed by atoms with E-state index < -0.39 is 11.9 Å². The van der Waals surface area contributed by atoms with Crippen LogP contribution in [0.3, 0.4) is 0 Å². The molecule has 0 aliphatic carbocycles. The van der Waals surface area contributed by atoms with Gasteiger partial charge in [-0.2, -0.15) is 0 Å². The van der Waals surface area contributed by atoms with Gasteiger partial charge in [0, 0.05) is 19.2 Å². The summed E-state index contributed by atoms with van der Waals surface area (Å²) in [6.45, 7) is 0.258. The SMILES string of the molecule is COCc1cc(Cl)c(F)c(C(O)CN)c1. The smallest absolute Gasteiger partial charge is 0.147 e. The number of rotatable bonds is 4. The molecule has 0 bridgehead atoms. The van der Waals surface area contributed by atoms with E-state index in [0.29, 0.717) is 12.2 Å². The van der Waals surface area contributed by atoms with E-state index in [0.717, 1.165) is 0 Å². The number of aliphatic hydroxyl groups is 1. The summed E-state index contributed by atoms with van der Waals surface area (Å²) in [4.78, 5) is 0. The van der Waals surface area contributed by atoms with Crippen molar-refractivity contribution < 1.29 is 14.2 Å². The molecule has 1 aromatic carbocycles. The number of ether oxygens (including phenoxy) is 1. The maximum Gasteiger partial charge on any atom is 0.147 e. The van der Waals surface area contributed by atoms with Crippen LogP contribution in [-0.4, -0.2) is 18.8 Å². The van der Waals surface area contributed by atoms with Gasteiger partial charge in [0.25, 0.3) is 0 Å². The Morgan fingerprint density at radius 2 is 2.27 bits per heavy atom. The highest BCUT2D eigenvalue weighted by atomic mass is 35.5. The molecule has 0 fully saturated rings. The fourth-order valence-electron chi connectivity index (χ4n) is 1.29. The Labute approximate surface area is 92.6 Å². The molecule has 0 amide bonds. The van der Waals surface area contributed by atoms with Gasteiger partial charge in [-0.05, 0) is 17.7 Å². The summed E-state index contributed by atoms with van der Waals surface area (Å²) in [5.41, 5.74) is 6.06. The summed E-state index contributed by atoms with van der Waals surface area (Å²) in [5, 5.41) is 9.43. The third-order valence-corrected chi connectivity index (χ3v) is 2.28. The Kier molecular flexibility index (Phi) is 4.47. The predicted octanol–water partition coefficient (Wildman–Crippen LogP) is 1.62. The molecule has 1 aromatic rings. The van der Waals surface area contributed by atoms with E-state index in [-0.39, 0.29) is 17.1 Å². The molecule has 84 valence electrons. The highest BCUT2D eigenvalue weighted by molar-refractivity contribution is 6.30. The van der Waals surface area contributed by atoms with Crippen LogP contribution in [0.2, 0.25) is 5.02 Å². The summed E-state index contributed by atoms with van der Waals surface area (Å²) in [7, 11) is 1.52. The molecule has 1 unspecified atom stereocenters. The molecule has 0 spiro atoms. The van der Waals surface area contributed by atoms with Crippen LogP contribution in [0.15, 0.2) is 12.1 Å². The molecule has 0 saturated heterocycles. The van der Waals surface area contributed by atoms with Crippen molar-refractivity contribution in [3.05, 3.63) is 34.1 Å². The van der Waals surface area contributed by atoms with Gasteiger partial charge in [-0.3, -0.25) is 0 Å². The first-order valence-electron chi connectivity index (χ1n) is 4.45. The number of hydrogen-bond donors (Lipinski definition) is 2. The van der Waals surface area contributed by atoms with Crippen LogP contribution in [0.4, 0.5) is 4.39 Å². The molecule has 0 aliphatic heterocycles. The molecule has 3 nitrogen and oxygen atoms in total. The maximum atomic E-state index is 13.5. The molecule has 0 aliphatic rings. The van der Waals surface area contributed by atoms with Crippen LogP contribution in [0.1, 0.15) is 17.2 Å². The van der Waals surface area contributed by atoms with Gasteiger partial charge in [0.1, 0.15) is 5.82 Å². The van der Waals surface area contributed by atoms with Crippen molar-refractivity contribution in [2.24, 2.45) is 5.73 Å². The van der Waals surface area contributed by atoms with Crippen molar-refractivity contribution in [2.75, 3.05) is 13.7 Å². The predicted molar refractivity (Wildman–Crippen MR) is 56.1 cm³/mol.